The molecule has 170 valence electrons. The summed E-state index contributed by atoms with van der Waals surface area (Å²) in [5.41, 5.74) is 2.09. The van der Waals surface area contributed by atoms with E-state index in [0.29, 0.717) is 34.6 Å². The number of nitrogens with one attached hydrogen (secondary N) is 2. The molecule has 0 aliphatic carbocycles. The minimum Gasteiger partial charge on any atom is -0.497 e. The highest BCUT2D eigenvalue weighted by atomic mass is 16.5. The van der Waals surface area contributed by atoms with Crippen molar-refractivity contribution in [3.8, 4) is 11.5 Å². The van der Waals surface area contributed by atoms with E-state index >= 15 is 0 Å². The maximum absolute atomic E-state index is 12.3. The lowest BCUT2D eigenvalue weighted by Crippen LogP contribution is -2.25. The number of fused-ring (bicyclic) bond motifs is 1. The Hall–Kier alpha value is -3.59. The summed E-state index contributed by atoms with van der Waals surface area (Å²) in [7, 11) is 3.14. The standard InChI is InChI=1S/C23H28N4O5/c1-4-6-15(13-28)26-21-19(23(29)30)22(27-17-7-5-10-24-20(17)21)25-12-14-8-9-16(31-2)11-18(14)32-3/h5,7-11,15,28H,4,6,12-13H2,1-3H3,(H,29,30)(H2,25,26,27)/t15-/m0/s1. The van der Waals surface area contributed by atoms with Crippen LogP contribution in [0.2, 0.25) is 0 Å². The Morgan fingerprint density at radius 2 is 2.03 bits per heavy atom. The summed E-state index contributed by atoms with van der Waals surface area (Å²) in [6.07, 6.45) is 3.10. The van der Waals surface area contributed by atoms with Crippen LogP contribution in [0.5, 0.6) is 11.5 Å². The largest absolute Gasteiger partial charge is 0.497 e. The fourth-order valence-electron chi connectivity index (χ4n) is 3.51. The summed E-state index contributed by atoms with van der Waals surface area (Å²) in [6.45, 7) is 2.15. The molecule has 3 rings (SSSR count). The van der Waals surface area contributed by atoms with Crippen LogP contribution in [-0.4, -0.2) is 53.0 Å². The van der Waals surface area contributed by atoms with Crippen molar-refractivity contribution >= 4 is 28.5 Å². The van der Waals surface area contributed by atoms with Gasteiger partial charge < -0.3 is 30.3 Å². The Bertz CT molecular complexity index is 1090. The highest BCUT2D eigenvalue weighted by molar-refractivity contribution is 6.07. The molecule has 1 aromatic carbocycles. The average Bonchev–Trinajstić information content (AvgIpc) is 2.81. The minimum absolute atomic E-state index is 0.0294. The van der Waals surface area contributed by atoms with Gasteiger partial charge >= 0.3 is 5.97 Å². The molecule has 0 fully saturated rings. The normalized spacial score (nSPS) is 11.8. The number of anilines is 2. The van der Waals surface area contributed by atoms with Gasteiger partial charge in [0.25, 0.3) is 0 Å². The number of ether oxygens (including phenoxy) is 2. The second-order valence-corrected chi connectivity index (χ2v) is 7.23. The lowest BCUT2D eigenvalue weighted by Gasteiger charge is -2.21. The number of carboxylic acids is 1. The van der Waals surface area contributed by atoms with Gasteiger partial charge in [-0.25, -0.2) is 9.78 Å². The number of nitrogens with zero attached hydrogens (tertiary/aromatic N) is 2. The number of carboxylic acid groups (broad SMARTS) is 1. The summed E-state index contributed by atoms with van der Waals surface area (Å²) in [6, 6.07) is 8.61. The van der Waals surface area contributed by atoms with Gasteiger partial charge in [-0.15, -0.1) is 0 Å². The van der Waals surface area contributed by atoms with Gasteiger partial charge in [-0.3, -0.25) is 4.98 Å². The van der Waals surface area contributed by atoms with Crippen molar-refractivity contribution in [2.45, 2.75) is 32.4 Å². The van der Waals surface area contributed by atoms with Crippen LogP contribution in [0.4, 0.5) is 11.5 Å². The van der Waals surface area contributed by atoms with Crippen molar-refractivity contribution in [3.05, 3.63) is 47.7 Å². The number of aliphatic hydroxyl groups excluding tert-OH is 1. The molecule has 2 heterocycles. The van der Waals surface area contributed by atoms with E-state index in [1.54, 1.807) is 44.7 Å². The van der Waals surface area contributed by atoms with Gasteiger partial charge in [-0.1, -0.05) is 13.3 Å². The third-order valence-corrected chi connectivity index (χ3v) is 5.10. The first-order valence-electron chi connectivity index (χ1n) is 10.4. The van der Waals surface area contributed by atoms with E-state index in [2.05, 4.69) is 20.6 Å². The van der Waals surface area contributed by atoms with Gasteiger partial charge in [0.1, 0.15) is 28.4 Å². The van der Waals surface area contributed by atoms with Crippen molar-refractivity contribution in [1.82, 2.24) is 9.97 Å². The predicted molar refractivity (Wildman–Crippen MR) is 123 cm³/mol. The van der Waals surface area contributed by atoms with Crippen LogP contribution in [0.1, 0.15) is 35.7 Å². The zero-order valence-electron chi connectivity index (χ0n) is 18.4. The van der Waals surface area contributed by atoms with Crippen LogP contribution in [0.3, 0.4) is 0 Å². The van der Waals surface area contributed by atoms with Crippen LogP contribution < -0.4 is 20.1 Å². The van der Waals surface area contributed by atoms with Crippen LogP contribution in [0.25, 0.3) is 11.0 Å². The zero-order chi connectivity index (χ0) is 23.1. The van der Waals surface area contributed by atoms with Gasteiger partial charge in [0, 0.05) is 30.4 Å². The van der Waals surface area contributed by atoms with Gasteiger partial charge in [0.05, 0.1) is 32.0 Å². The van der Waals surface area contributed by atoms with Crippen molar-refractivity contribution in [3.63, 3.8) is 0 Å². The van der Waals surface area contributed by atoms with Crippen LogP contribution in [-0.2, 0) is 6.54 Å². The van der Waals surface area contributed by atoms with E-state index in [4.69, 9.17) is 9.47 Å². The van der Waals surface area contributed by atoms with Gasteiger partial charge in [0.15, 0.2) is 0 Å². The monoisotopic (exact) mass is 440 g/mol. The third kappa shape index (κ3) is 5.00. The van der Waals surface area contributed by atoms with Crippen molar-refractivity contribution in [2.24, 2.45) is 0 Å². The molecule has 0 unspecified atom stereocenters. The summed E-state index contributed by atoms with van der Waals surface area (Å²) in [5.74, 6) is 0.318. The number of pyridine rings is 2. The topological polar surface area (TPSA) is 126 Å². The second-order valence-electron chi connectivity index (χ2n) is 7.23. The SMILES string of the molecule is CCC[C@@H](CO)Nc1c(C(=O)O)c(NCc2ccc(OC)cc2OC)nc2cccnc12. The van der Waals surface area contributed by atoms with E-state index in [0.717, 1.165) is 12.0 Å². The molecule has 0 amide bonds. The molecule has 9 heteroatoms. The van der Waals surface area contributed by atoms with E-state index < -0.39 is 5.97 Å². The average molecular weight is 441 g/mol. The molecule has 0 aliphatic heterocycles. The number of methoxy groups -OCH3 is 2. The number of rotatable bonds is 11. The summed E-state index contributed by atoms with van der Waals surface area (Å²) in [5, 5.41) is 26.1. The summed E-state index contributed by atoms with van der Waals surface area (Å²) in [4.78, 5) is 21.1. The molecule has 0 spiro atoms. The van der Waals surface area contributed by atoms with Crippen molar-refractivity contribution in [1.29, 1.82) is 0 Å². The minimum atomic E-state index is -1.15. The quantitative estimate of drug-likeness (QED) is 0.354. The van der Waals surface area contributed by atoms with Crippen molar-refractivity contribution in [2.75, 3.05) is 31.5 Å². The first kappa shape index (κ1) is 23.1. The number of hydrogen-bond donors (Lipinski definition) is 4. The maximum Gasteiger partial charge on any atom is 0.341 e. The molecule has 2 aromatic heterocycles. The molecular formula is C23H28N4O5. The first-order valence-corrected chi connectivity index (χ1v) is 10.4. The first-order chi connectivity index (χ1) is 15.5. The molecule has 9 nitrogen and oxygen atoms in total. The molecule has 0 aliphatic rings. The Balaban J connectivity index is 2.05. The number of aromatic nitrogens is 2. The second kappa shape index (κ2) is 10.6. The maximum atomic E-state index is 12.3. The third-order valence-electron chi connectivity index (χ3n) is 5.10. The smallest absolute Gasteiger partial charge is 0.341 e. The van der Waals surface area contributed by atoms with Gasteiger partial charge in [-0.05, 0) is 30.7 Å². The number of hydrogen-bond acceptors (Lipinski definition) is 8. The van der Waals surface area contributed by atoms with Gasteiger partial charge in [-0.2, -0.15) is 0 Å². The van der Waals surface area contributed by atoms with Crippen LogP contribution >= 0.6 is 0 Å². The van der Waals surface area contributed by atoms with E-state index in [9.17, 15) is 15.0 Å². The Labute approximate surface area is 186 Å². The van der Waals surface area contributed by atoms with Crippen molar-refractivity contribution < 1.29 is 24.5 Å². The summed E-state index contributed by atoms with van der Waals surface area (Å²) >= 11 is 0. The Morgan fingerprint density at radius 1 is 1.22 bits per heavy atom. The highest BCUT2D eigenvalue weighted by Gasteiger charge is 2.23. The molecule has 0 saturated carbocycles. The predicted octanol–water partition coefficient (Wildman–Crippen LogP) is 3.53. The lowest BCUT2D eigenvalue weighted by atomic mass is 10.1. The molecule has 0 saturated heterocycles. The number of aliphatic hydroxyl groups is 1. The van der Waals surface area contributed by atoms with E-state index in [1.165, 1.54) is 0 Å². The number of aromatic carboxylic acids is 1. The number of carbonyl (C=O) groups is 1. The van der Waals surface area contributed by atoms with E-state index in [1.807, 2.05) is 13.0 Å². The number of benzene rings is 1. The van der Waals surface area contributed by atoms with Crippen LogP contribution in [0, 0.1) is 0 Å². The van der Waals surface area contributed by atoms with Crippen LogP contribution in [0.15, 0.2) is 36.5 Å². The molecule has 4 N–H and O–H groups in total. The molecule has 1 atom stereocenters. The Kier molecular flexibility index (Phi) is 7.67. The molecular weight excluding hydrogens is 412 g/mol. The zero-order valence-corrected chi connectivity index (χ0v) is 18.4. The van der Waals surface area contributed by atoms with E-state index in [-0.39, 0.29) is 30.6 Å². The fraction of sp³-hybridized carbons (Fsp3) is 0.348. The highest BCUT2D eigenvalue weighted by Crippen LogP contribution is 2.32. The molecule has 3 aromatic rings. The molecule has 32 heavy (non-hydrogen) atoms. The Morgan fingerprint density at radius 3 is 2.69 bits per heavy atom. The molecule has 0 radical (unpaired) electrons. The lowest BCUT2D eigenvalue weighted by molar-refractivity contribution is 0.0698. The van der Waals surface area contributed by atoms with Gasteiger partial charge in [0.2, 0.25) is 0 Å². The summed E-state index contributed by atoms with van der Waals surface area (Å²) < 4.78 is 10.7. The fourth-order valence-corrected chi connectivity index (χ4v) is 3.51. The molecule has 0 bridgehead atoms.